The topological polar surface area (TPSA) is 19.6 Å². The Bertz CT molecular complexity index is 4360. The maximum atomic E-state index is 7.48. The summed E-state index contributed by atoms with van der Waals surface area (Å²) in [5.41, 5.74) is 25.6. The quantitative estimate of drug-likeness (QED) is 0.136. The molecule has 2 aliphatic rings. The largest absolute Gasteiger partial charge is 0.455 e. The van der Waals surface area contributed by atoms with Crippen molar-refractivity contribution in [2.45, 2.75) is 78.6 Å². The van der Waals surface area contributed by atoms with Crippen molar-refractivity contribution in [3.05, 3.63) is 275 Å². The number of aryl methyl sites for hydroxylation is 2. The number of benzene rings is 11. The third-order valence-electron chi connectivity index (χ3n) is 18.3. The van der Waals surface area contributed by atoms with Gasteiger partial charge in [-0.05, 0) is 193 Å². The monoisotopic (exact) mass is 1030 g/mol. The zero-order chi connectivity index (χ0) is 54.6. The number of anilines is 6. The Morgan fingerprint density at radius 1 is 0.425 bits per heavy atom. The highest BCUT2D eigenvalue weighted by Gasteiger charge is 2.57. The van der Waals surface area contributed by atoms with Crippen LogP contribution in [-0.2, 0) is 5.41 Å². The normalized spacial score (nSPS) is 16.3. The van der Waals surface area contributed by atoms with Crippen molar-refractivity contribution < 1.29 is 4.42 Å². The van der Waals surface area contributed by atoms with Gasteiger partial charge >= 0.3 is 0 Å². The van der Waals surface area contributed by atoms with E-state index in [1.54, 1.807) is 0 Å². The zero-order valence-electron chi connectivity index (χ0n) is 47.1. The lowest BCUT2D eigenvalue weighted by Crippen LogP contribution is -2.32. The Labute approximate surface area is 471 Å². The van der Waals surface area contributed by atoms with Crippen LogP contribution in [0.25, 0.3) is 66.1 Å². The van der Waals surface area contributed by atoms with E-state index in [1.165, 1.54) is 88.7 Å². The van der Waals surface area contributed by atoms with Crippen LogP contribution >= 0.6 is 0 Å². The summed E-state index contributed by atoms with van der Waals surface area (Å²) < 4.78 is 7.48. The molecule has 3 nitrogen and oxygen atoms in total. The Hall–Kier alpha value is -8.92. The maximum Gasteiger partial charge on any atom is 0.145 e. The fraction of sp³-hybridized carbons (Fsp3) is 0.169. The molecule has 0 aliphatic heterocycles. The number of hydrogen-bond acceptors (Lipinski definition) is 3. The summed E-state index contributed by atoms with van der Waals surface area (Å²) in [6.07, 6.45) is 0. The van der Waals surface area contributed by atoms with E-state index < -0.39 is 5.41 Å². The van der Waals surface area contributed by atoms with Crippen molar-refractivity contribution in [3.8, 4) is 33.4 Å². The van der Waals surface area contributed by atoms with Gasteiger partial charge in [0.25, 0.3) is 0 Å². The molecule has 0 amide bonds. The van der Waals surface area contributed by atoms with Crippen LogP contribution in [0.5, 0.6) is 0 Å². The summed E-state index contributed by atoms with van der Waals surface area (Å²) in [4.78, 5) is 5.01. The predicted molar refractivity (Wildman–Crippen MR) is 338 cm³/mol. The molecule has 3 atom stereocenters. The molecule has 1 spiro atoms. The predicted octanol–water partition coefficient (Wildman–Crippen LogP) is 21.9. The molecular weight excluding hydrogens is 969 g/mol. The number of furan rings is 1. The molecule has 0 bridgehead atoms. The van der Waals surface area contributed by atoms with Crippen molar-refractivity contribution in [1.82, 2.24) is 0 Å². The van der Waals surface area contributed by atoms with Crippen LogP contribution in [0.2, 0.25) is 0 Å². The van der Waals surface area contributed by atoms with E-state index in [0.29, 0.717) is 11.8 Å². The third-order valence-corrected chi connectivity index (χ3v) is 18.3. The summed E-state index contributed by atoms with van der Waals surface area (Å²) in [6, 6.07) is 86.7. The molecule has 80 heavy (non-hydrogen) atoms. The molecule has 3 heteroatoms. The molecule has 12 aromatic rings. The second-order valence-electron chi connectivity index (χ2n) is 23.4. The molecule has 0 saturated carbocycles. The average Bonchev–Trinajstić information content (AvgIpc) is 4.31. The number of nitrogens with zero attached hydrogens (tertiary/aromatic N) is 2. The minimum atomic E-state index is -0.577. The number of hydrogen-bond donors (Lipinski definition) is 0. The lowest BCUT2D eigenvalue weighted by atomic mass is 9.67. The molecular formula is C77H66N2O. The molecule has 0 saturated heterocycles. The highest BCUT2D eigenvalue weighted by molar-refractivity contribution is 6.19. The highest BCUT2D eigenvalue weighted by Crippen LogP contribution is 2.68. The van der Waals surface area contributed by atoms with Gasteiger partial charge in [0.05, 0.1) is 16.5 Å². The van der Waals surface area contributed by atoms with Crippen LogP contribution in [0.1, 0.15) is 104 Å². The van der Waals surface area contributed by atoms with E-state index in [9.17, 15) is 0 Å². The van der Waals surface area contributed by atoms with Gasteiger partial charge in [-0.15, -0.1) is 0 Å². The van der Waals surface area contributed by atoms with Crippen LogP contribution in [0.3, 0.4) is 0 Å². The first-order chi connectivity index (χ1) is 39.0. The van der Waals surface area contributed by atoms with E-state index in [-0.39, 0.29) is 11.8 Å². The third kappa shape index (κ3) is 7.61. The fourth-order valence-corrected chi connectivity index (χ4v) is 14.0. The van der Waals surface area contributed by atoms with Gasteiger partial charge < -0.3 is 14.2 Å². The molecule has 3 unspecified atom stereocenters. The van der Waals surface area contributed by atoms with Gasteiger partial charge in [-0.3, -0.25) is 0 Å². The summed E-state index contributed by atoms with van der Waals surface area (Å²) in [5, 5.41) is 4.82. The first kappa shape index (κ1) is 49.4. The van der Waals surface area contributed by atoms with Gasteiger partial charge in [-0.2, -0.15) is 0 Å². The lowest BCUT2D eigenvalue weighted by Gasteiger charge is -2.36. The first-order valence-electron chi connectivity index (χ1n) is 28.8. The molecule has 2 aliphatic carbocycles. The molecule has 390 valence electrons. The van der Waals surface area contributed by atoms with Crippen molar-refractivity contribution in [2.75, 3.05) is 9.80 Å². The second-order valence-corrected chi connectivity index (χ2v) is 23.4. The molecule has 0 radical (unpaired) electrons. The molecule has 14 rings (SSSR count). The highest BCUT2D eigenvalue weighted by atomic mass is 16.3. The summed E-state index contributed by atoms with van der Waals surface area (Å²) >= 11 is 0. The van der Waals surface area contributed by atoms with Crippen LogP contribution in [-0.4, -0.2) is 0 Å². The average molecular weight is 1040 g/mol. The standard InChI is InChI=1S/C77H66N2O/c1-47(2)53-29-36-58(37-30-53)78(60-34-27-49(5)66(43-60)55-19-11-9-12-20-55)62-40-41-64-69(45-62)77(52(8)51(7)73-63-24-16-15-23-57(63)33-42-68(73)77)70-46-71(75-65-25-17-18-26-72(65)80-76(75)74(64)70)79(59-38-31-54(32-39-59)48(3)4)61-35-28-50(6)67(44-61)56-21-13-10-14-22-56/h9-48,51-52H,1-8H3. The summed E-state index contributed by atoms with van der Waals surface area (Å²) in [5.74, 6) is 1.18. The molecule has 11 aromatic carbocycles. The van der Waals surface area contributed by atoms with Gasteiger partial charge in [-0.1, -0.05) is 199 Å². The van der Waals surface area contributed by atoms with Crippen molar-refractivity contribution in [1.29, 1.82) is 0 Å². The zero-order valence-corrected chi connectivity index (χ0v) is 47.1. The van der Waals surface area contributed by atoms with Crippen molar-refractivity contribution in [3.63, 3.8) is 0 Å². The van der Waals surface area contributed by atoms with E-state index in [4.69, 9.17) is 4.42 Å². The van der Waals surface area contributed by atoms with E-state index in [2.05, 4.69) is 296 Å². The minimum absolute atomic E-state index is 0.152. The van der Waals surface area contributed by atoms with Gasteiger partial charge in [0, 0.05) is 39.4 Å². The maximum absolute atomic E-state index is 7.48. The second kappa shape index (κ2) is 19.2. The summed E-state index contributed by atoms with van der Waals surface area (Å²) in [7, 11) is 0. The number of para-hydroxylation sites is 1. The van der Waals surface area contributed by atoms with E-state index >= 15 is 0 Å². The smallest absolute Gasteiger partial charge is 0.145 e. The molecule has 1 aromatic heterocycles. The molecule has 1 heterocycles. The van der Waals surface area contributed by atoms with Crippen LogP contribution in [0.4, 0.5) is 34.1 Å². The van der Waals surface area contributed by atoms with Gasteiger partial charge in [-0.25, -0.2) is 0 Å². The minimum Gasteiger partial charge on any atom is -0.455 e. The lowest BCUT2D eigenvalue weighted by molar-refractivity contribution is 0.401. The molecule has 0 fully saturated rings. The van der Waals surface area contributed by atoms with Crippen LogP contribution < -0.4 is 9.80 Å². The van der Waals surface area contributed by atoms with Gasteiger partial charge in [0.1, 0.15) is 11.2 Å². The van der Waals surface area contributed by atoms with Gasteiger partial charge in [0.15, 0.2) is 0 Å². The van der Waals surface area contributed by atoms with Gasteiger partial charge in [0.2, 0.25) is 0 Å². The SMILES string of the molecule is Cc1ccc(N(c2ccc(C(C)C)cc2)c2ccc3c(c2)C2(c4ccc5ccccc5c4C(C)C2C)c2cc(N(c4ccc(C(C)C)cc4)c4ccc(C)c(-c5ccccc5)c4)c4c(oc5ccccc54)c2-3)cc1-c1ccccc1. The number of fused-ring (bicyclic) bond motifs is 13. The van der Waals surface area contributed by atoms with E-state index in [0.717, 1.165) is 56.1 Å². The Kier molecular flexibility index (Phi) is 11.8. The van der Waals surface area contributed by atoms with Crippen LogP contribution in [0, 0.1) is 19.8 Å². The van der Waals surface area contributed by atoms with Crippen LogP contribution in [0.15, 0.2) is 235 Å². The fourth-order valence-electron chi connectivity index (χ4n) is 14.0. The Morgan fingerprint density at radius 2 is 0.938 bits per heavy atom. The summed E-state index contributed by atoms with van der Waals surface area (Å²) in [6.45, 7) is 18.6. The molecule has 0 N–H and O–H groups in total. The van der Waals surface area contributed by atoms with Crippen molar-refractivity contribution in [2.24, 2.45) is 5.92 Å². The van der Waals surface area contributed by atoms with Crippen molar-refractivity contribution >= 4 is 66.8 Å². The Balaban J connectivity index is 1.09. The Morgan fingerprint density at radius 3 is 1.55 bits per heavy atom. The number of rotatable bonds is 10. The first-order valence-corrected chi connectivity index (χ1v) is 28.8. The van der Waals surface area contributed by atoms with E-state index in [1.807, 2.05) is 0 Å².